The summed E-state index contributed by atoms with van der Waals surface area (Å²) in [5.74, 6) is -0.465. The summed E-state index contributed by atoms with van der Waals surface area (Å²) in [4.78, 5) is 25.7. The molecule has 2 amide bonds. The van der Waals surface area contributed by atoms with E-state index in [1.807, 2.05) is 6.92 Å². The van der Waals surface area contributed by atoms with Crippen molar-refractivity contribution in [2.45, 2.75) is 19.4 Å². The summed E-state index contributed by atoms with van der Waals surface area (Å²) in [5, 5.41) is 3.53. The highest BCUT2D eigenvalue weighted by Gasteiger charge is 2.30. The van der Waals surface area contributed by atoms with Gasteiger partial charge in [-0.3, -0.25) is 9.59 Å². The lowest BCUT2D eigenvalue weighted by Crippen LogP contribution is -2.48. The third-order valence-electron chi connectivity index (χ3n) is 3.17. The summed E-state index contributed by atoms with van der Waals surface area (Å²) in [7, 11) is 0. The molecular formula is C14H16Cl2N2O3. The van der Waals surface area contributed by atoms with E-state index < -0.39 is 6.10 Å². The molecule has 1 heterocycles. The first-order valence-corrected chi connectivity index (χ1v) is 7.41. The number of ether oxygens (including phenoxy) is 1. The number of nitrogens with zero attached hydrogens (tertiary/aromatic N) is 1. The Bertz CT molecular complexity index is 531. The van der Waals surface area contributed by atoms with Gasteiger partial charge in [0.25, 0.3) is 5.91 Å². The van der Waals surface area contributed by atoms with Crippen LogP contribution in [-0.4, -0.2) is 42.5 Å². The average molecular weight is 331 g/mol. The summed E-state index contributed by atoms with van der Waals surface area (Å²) in [6.45, 7) is 3.52. The molecule has 0 spiro atoms. The lowest BCUT2D eigenvalue weighted by molar-refractivity contribution is -0.154. The van der Waals surface area contributed by atoms with Gasteiger partial charge < -0.3 is 15.0 Å². The molecule has 0 aliphatic carbocycles. The van der Waals surface area contributed by atoms with Gasteiger partial charge in [-0.15, -0.1) is 0 Å². The van der Waals surface area contributed by atoms with E-state index in [2.05, 4.69) is 5.32 Å². The highest BCUT2D eigenvalue weighted by atomic mass is 35.5. The number of carbonyl (C=O) groups is 2. The van der Waals surface area contributed by atoms with E-state index in [0.717, 1.165) is 0 Å². The molecule has 21 heavy (non-hydrogen) atoms. The van der Waals surface area contributed by atoms with Crippen LogP contribution in [0.1, 0.15) is 13.3 Å². The molecule has 1 saturated heterocycles. The Kier molecular flexibility index (Phi) is 5.45. The predicted octanol–water partition coefficient (Wildman–Crippen LogP) is 2.57. The number of likely N-dealkylation sites (N-methyl/N-ethyl adjacent to an activating group) is 1. The number of morpholine rings is 1. The van der Waals surface area contributed by atoms with Crippen LogP contribution in [-0.2, 0) is 14.3 Å². The van der Waals surface area contributed by atoms with Gasteiger partial charge in [0.05, 0.1) is 13.0 Å². The van der Waals surface area contributed by atoms with E-state index >= 15 is 0 Å². The second kappa shape index (κ2) is 7.11. The molecule has 0 saturated carbocycles. The lowest BCUT2D eigenvalue weighted by atomic mass is 10.1. The van der Waals surface area contributed by atoms with Crippen molar-refractivity contribution in [1.82, 2.24) is 4.90 Å². The quantitative estimate of drug-likeness (QED) is 0.922. The van der Waals surface area contributed by atoms with Crippen molar-refractivity contribution in [2.75, 3.05) is 25.0 Å². The molecule has 1 N–H and O–H groups in total. The number of halogens is 2. The Balaban J connectivity index is 1.96. The van der Waals surface area contributed by atoms with Crippen LogP contribution in [0.2, 0.25) is 10.0 Å². The molecule has 1 atom stereocenters. The van der Waals surface area contributed by atoms with E-state index in [0.29, 0.717) is 35.4 Å². The van der Waals surface area contributed by atoms with E-state index in [1.165, 1.54) is 0 Å². The predicted molar refractivity (Wildman–Crippen MR) is 81.7 cm³/mol. The zero-order chi connectivity index (χ0) is 15.4. The van der Waals surface area contributed by atoms with Gasteiger partial charge in [0.15, 0.2) is 0 Å². The molecule has 7 heteroatoms. The monoisotopic (exact) mass is 330 g/mol. The zero-order valence-corrected chi connectivity index (χ0v) is 13.1. The lowest BCUT2D eigenvalue weighted by Gasteiger charge is -2.31. The molecule has 1 aliphatic heterocycles. The summed E-state index contributed by atoms with van der Waals surface area (Å²) >= 11 is 11.7. The van der Waals surface area contributed by atoms with Crippen LogP contribution in [0.5, 0.6) is 0 Å². The SMILES string of the molecule is CCN1CCO[C@@H](CC(=O)Nc2cc(Cl)cc(Cl)c2)C1=O. The number of anilines is 1. The van der Waals surface area contributed by atoms with Gasteiger partial charge in [-0.25, -0.2) is 0 Å². The largest absolute Gasteiger partial charge is 0.366 e. The Morgan fingerprint density at radius 3 is 2.67 bits per heavy atom. The molecule has 1 aliphatic rings. The van der Waals surface area contributed by atoms with E-state index in [9.17, 15) is 9.59 Å². The maximum Gasteiger partial charge on any atom is 0.252 e. The minimum atomic E-state index is -0.728. The zero-order valence-electron chi connectivity index (χ0n) is 11.6. The highest BCUT2D eigenvalue weighted by molar-refractivity contribution is 6.35. The Labute approximate surface area is 133 Å². The molecule has 0 bridgehead atoms. The molecule has 2 rings (SSSR count). The second-order valence-corrected chi connectivity index (χ2v) is 5.56. The molecule has 1 aromatic carbocycles. The van der Waals surface area contributed by atoms with Gasteiger partial charge in [0.2, 0.25) is 5.91 Å². The van der Waals surface area contributed by atoms with E-state index in [4.69, 9.17) is 27.9 Å². The Hall–Kier alpha value is -1.30. The van der Waals surface area contributed by atoms with E-state index in [1.54, 1.807) is 23.1 Å². The maximum atomic E-state index is 12.0. The second-order valence-electron chi connectivity index (χ2n) is 4.69. The van der Waals surface area contributed by atoms with Crippen molar-refractivity contribution in [3.63, 3.8) is 0 Å². The summed E-state index contributed by atoms with van der Waals surface area (Å²) in [6.07, 6.45) is -0.757. The fourth-order valence-corrected chi connectivity index (χ4v) is 2.68. The number of amides is 2. The van der Waals surface area contributed by atoms with Crippen molar-refractivity contribution in [2.24, 2.45) is 0 Å². The van der Waals surface area contributed by atoms with Crippen LogP contribution in [0.15, 0.2) is 18.2 Å². The first-order chi connectivity index (χ1) is 9.99. The Morgan fingerprint density at radius 2 is 2.05 bits per heavy atom. The molecule has 5 nitrogen and oxygen atoms in total. The topological polar surface area (TPSA) is 58.6 Å². The summed E-state index contributed by atoms with van der Waals surface area (Å²) in [6, 6.07) is 4.76. The maximum absolute atomic E-state index is 12.0. The first kappa shape index (κ1) is 16.1. The van der Waals surface area contributed by atoms with Gasteiger partial charge in [-0.1, -0.05) is 23.2 Å². The number of nitrogens with one attached hydrogen (secondary N) is 1. The molecule has 0 radical (unpaired) electrons. The molecular weight excluding hydrogens is 315 g/mol. The molecule has 1 aromatic rings. The van der Waals surface area contributed by atoms with Crippen molar-refractivity contribution in [3.05, 3.63) is 28.2 Å². The standard InChI is InChI=1S/C14H16Cl2N2O3/c1-2-18-3-4-21-12(14(18)20)8-13(19)17-11-6-9(15)5-10(16)7-11/h5-7,12H,2-4,8H2,1H3,(H,17,19)/t12-/m0/s1. The number of carbonyl (C=O) groups excluding carboxylic acids is 2. The minimum absolute atomic E-state index is 0.0283. The van der Waals surface area contributed by atoms with Crippen LogP contribution < -0.4 is 5.32 Å². The summed E-state index contributed by atoms with van der Waals surface area (Å²) < 4.78 is 5.37. The normalized spacial score (nSPS) is 18.7. The van der Waals surface area contributed by atoms with Crippen molar-refractivity contribution < 1.29 is 14.3 Å². The number of benzene rings is 1. The van der Waals surface area contributed by atoms with Crippen LogP contribution >= 0.6 is 23.2 Å². The van der Waals surface area contributed by atoms with Crippen LogP contribution in [0.25, 0.3) is 0 Å². The van der Waals surface area contributed by atoms with E-state index in [-0.39, 0.29) is 18.2 Å². The van der Waals surface area contributed by atoms with Crippen molar-refractivity contribution in [3.8, 4) is 0 Å². The Morgan fingerprint density at radius 1 is 1.38 bits per heavy atom. The van der Waals surface area contributed by atoms with Gasteiger partial charge >= 0.3 is 0 Å². The van der Waals surface area contributed by atoms with Crippen molar-refractivity contribution in [1.29, 1.82) is 0 Å². The third-order valence-corrected chi connectivity index (χ3v) is 3.60. The first-order valence-electron chi connectivity index (χ1n) is 6.66. The molecule has 0 unspecified atom stereocenters. The fourth-order valence-electron chi connectivity index (χ4n) is 2.16. The average Bonchev–Trinajstić information content (AvgIpc) is 2.40. The van der Waals surface area contributed by atoms with Crippen LogP contribution in [0.4, 0.5) is 5.69 Å². The molecule has 1 fully saturated rings. The molecule has 114 valence electrons. The van der Waals surface area contributed by atoms with Gasteiger partial charge in [-0.2, -0.15) is 0 Å². The fraction of sp³-hybridized carbons (Fsp3) is 0.429. The summed E-state index contributed by atoms with van der Waals surface area (Å²) in [5.41, 5.74) is 0.494. The van der Waals surface area contributed by atoms with Gasteiger partial charge in [0.1, 0.15) is 6.10 Å². The highest BCUT2D eigenvalue weighted by Crippen LogP contribution is 2.23. The smallest absolute Gasteiger partial charge is 0.252 e. The van der Waals surface area contributed by atoms with Crippen molar-refractivity contribution >= 4 is 40.7 Å². The van der Waals surface area contributed by atoms with Crippen LogP contribution in [0, 0.1) is 0 Å². The van der Waals surface area contributed by atoms with Gasteiger partial charge in [0, 0.05) is 28.8 Å². The number of rotatable bonds is 4. The minimum Gasteiger partial charge on any atom is -0.366 e. The number of hydrogen-bond acceptors (Lipinski definition) is 3. The van der Waals surface area contributed by atoms with Crippen LogP contribution in [0.3, 0.4) is 0 Å². The van der Waals surface area contributed by atoms with Gasteiger partial charge in [-0.05, 0) is 25.1 Å². The third kappa shape index (κ3) is 4.33. The number of hydrogen-bond donors (Lipinski definition) is 1. The molecule has 0 aromatic heterocycles.